The molecule has 0 aromatic heterocycles. The molecule has 2 rings (SSSR count). The summed E-state index contributed by atoms with van der Waals surface area (Å²) in [6, 6.07) is 14.9. The van der Waals surface area contributed by atoms with Gasteiger partial charge in [-0.05, 0) is 53.6 Å². The van der Waals surface area contributed by atoms with Crippen molar-refractivity contribution in [3.05, 3.63) is 64.7 Å². The van der Waals surface area contributed by atoms with Crippen LogP contribution in [-0.4, -0.2) is 33.7 Å². The summed E-state index contributed by atoms with van der Waals surface area (Å²) in [6.07, 6.45) is 2.67. The molecule has 0 unspecified atom stereocenters. The molecule has 158 valence electrons. The first-order chi connectivity index (χ1) is 13.5. The maximum Gasteiger partial charge on any atom is 0.240 e. The molecule has 29 heavy (non-hydrogen) atoms. The van der Waals surface area contributed by atoms with Crippen molar-refractivity contribution in [1.82, 2.24) is 5.32 Å². The van der Waals surface area contributed by atoms with Gasteiger partial charge in [-0.2, -0.15) is 0 Å². The van der Waals surface area contributed by atoms with Crippen LogP contribution in [0.4, 0.5) is 5.69 Å². The summed E-state index contributed by atoms with van der Waals surface area (Å²) in [5.74, 6) is -0.327. The molecule has 0 fully saturated rings. The lowest BCUT2D eigenvalue weighted by Gasteiger charge is -2.24. The van der Waals surface area contributed by atoms with E-state index >= 15 is 0 Å². The van der Waals surface area contributed by atoms with Crippen LogP contribution in [-0.2, 0) is 26.7 Å². The molecule has 2 aromatic rings. The molecule has 0 bridgehead atoms. The molecule has 0 aliphatic rings. The highest BCUT2D eigenvalue weighted by molar-refractivity contribution is 7.92. The Bertz CT molecular complexity index is 918. The molecule has 0 aliphatic heterocycles. The van der Waals surface area contributed by atoms with Gasteiger partial charge in [0.1, 0.15) is 6.54 Å². The Morgan fingerprint density at radius 1 is 1.03 bits per heavy atom. The van der Waals surface area contributed by atoms with E-state index in [0.717, 1.165) is 34.5 Å². The van der Waals surface area contributed by atoms with E-state index in [2.05, 4.69) is 26.1 Å². The number of nitrogens with zero attached hydrogens (tertiary/aromatic N) is 1. The number of anilines is 1. The number of nitrogens with one attached hydrogen (secondary N) is 1. The minimum atomic E-state index is -3.58. The highest BCUT2D eigenvalue weighted by Crippen LogP contribution is 2.25. The molecule has 1 amide bonds. The van der Waals surface area contributed by atoms with E-state index in [4.69, 9.17) is 11.6 Å². The Labute approximate surface area is 179 Å². The van der Waals surface area contributed by atoms with Crippen LogP contribution in [0.3, 0.4) is 0 Å². The van der Waals surface area contributed by atoms with Crippen LogP contribution in [0.5, 0.6) is 0 Å². The normalized spacial score (nSPS) is 11.9. The van der Waals surface area contributed by atoms with Crippen LogP contribution in [0.1, 0.15) is 38.3 Å². The highest BCUT2D eigenvalue weighted by atomic mass is 35.5. The van der Waals surface area contributed by atoms with Crippen molar-refractivity contribution >= 4 is 33.2 Å². The third-order valence-corrected chi connectivity index (χ3v) is 5.98. The number of sulfonamides is 1. The number of hydrogen-bond acceptors (Lipinski definition) is 3. The number of amides is 1. The van der Waals surface area contributed by atoms with Gasteiger partial charge in [0.05, 0.1) is 11.9 Å². The quantitative estimate of drug-likeness (QED) is 0.632. The lowest BCUT2D eigenvalue weighted by atomic mass is 9.87. The van der Waals surface area contributed by atoms with Gasteiger partial charge in [-0.25, -0.2) is 8.42 Å². The van der Waals surface area contributed by atoms with Crippen LogP contribution in [0, 0.1) is 0 Å². The van der Waals surface area contributed by atoms with Crippen molar-refractivity contribution < 1.29 is 13.2 Å². The fourth-order valence-corrected chi connectivity index (χ4v) is 3.87. The first kappa shape index (κ1) is 23.2. The Morgan fingerprint density at radius 3 is 2.14 bits per heavy atom. The largest absolute Gasteiger partial charge is 0.355 e. The van der Waals surface area contributed by atoms with Crippen LogP contribution < -0.4 is 9.62 Å². The van der Waals surface area contributed by atoms with Crippen LogP contribution in [0.25, 0.3) is 0 Å². The number of carbonyl (C=O) groups is 1. The average molecular weight is 437 g/mol. The van der Waals surface area contributed by atoms with E-state index in [-0.39, 0.29) is 17.9 Å². The smallest absolute Gasteiger partial charge is 0.240 e. The molecule has 1 N–H and O–H groups in total. The molecule has 0 heterocycles. The van der Waals surface area contributed by atoms with Gasteiger partial charge in [-0.15, -0.1) is 0 Å². The zero-order valence-electron chi connectivity index (χ0n) is 17.4. The second-order valence-electron chi connectivity index (χ2n) is 8.15. The molecular formula is C22H29ClN2O3S. The van der Waals surface area contributed by atoms with Gasteiger partial charge in [0, 0.05) is 11.6 Å². The van der Waals surface area contributed by atoms with E-state index in [9.17, 15) is 13.2 Å². The first-order valence-electron chi connectivity index (χ1n) is 9.56. The van der Waals surface area contributed by atoms with Gasteiger partial charge in [0.2, 0.25) is 15.9 Å². The minimum absolute atomic E-state index is 0.0318. The number of halogens is 1. The summed E-state index contributed by atoms with van der Waals surface area (Å²) >= 11 is 5.87. The summed E-state index contributed by atoms with van der Waals surface area (Å²) in [4.78, 5) is 12.3. The molecule has 7 heteroatoms. The van der Waals surface area contributed by atoms with E-state index in [1.807, 2.05) is 36.4 Å². The molecule has 2 aromatic carbocycles. The highest BCUT2D eigenvalue weighted by Gasteiger charge is 2.21. The fraction of sp³-hybridized carbons (Fsp3) is 0.409. The van der Waals surface area contributed by atoms with Crippen molar-refractivity contribution in [3.8, 4) is 0 Å². The second-order valence-corrected chi connectivity index (χ2v) is 10.5. The van der Waals surface area contributed by atoms with Crippen molar-refractivity contribution in [2.24, 2.45) is 0 Å². The zero-order valence-corrected chi connectivity index (χ0v) is 19.0. The summed E-state index contributed by atoms with van der Waals surface area (Å²) in [6.45, 7) is 6.51. The number of carbonyl (C=O) groups excluding carboxylic acids is 1. The Balaban J connectivity index is 1.94. The second kappa shape index (κ2) is 9.63. The Kier molecular flexibility index (Phi) is 7.72. The van der Waals surface area contributed by atoms with Crippen LogP contribution in [0.15, 0.2) is 48.5 Å². The van der Waals surface area contributed by atoms with Gasteiger partial charge in [-0.3, -0.25) is 9.10 Å². The summed E-state index contributed by atoms with van der Waals surface area (Å²) in [5, 5.41) is 3.49. The van der Waals surface area contributed by atoms with Gasteiger partial charge in [0.25, 0.3) is 0 Å². The third kappa shape index (κ3) is 7.37. The molecule has 5 nitrogen and oxygen atoms in total. The van der Waals surface area contributed by atoms with Crippen molar-refractivity contribution in [3.63, 3.8) is 0 Å². The predicted octanol–water partition coefficient (Wildman–Crippen LogP) is 4.15. The predicted molar refractivity (Wildman–Crippen MR) is 120 cm³/mol. The van der Waals surface area contributed by atoms with E-state index in [1.54, 1.807) is 12.1 Å². The third-order valence-electron chi connectivity index (χ3n) is 4.59. The molecule has 0 atom stereocenters. The first-order valence-corrected chi connectivity index (χ1v) is 11.8. The van der Waals surface area contributed by atoms with Gasteiger partial charge >= 0.3 is 0 Å². The molecular weight excluding hydrogens is 408 g/mol. The van der Waals surface area contributed by atoms with Crippen LogP contribution >= 0.6 is 11.6 Å². The molecule has 0 spiro atoms. The molecule has 0 aliphatic carbocycles. The van der Waals surface area contributed by atoms with E-state index in [1.165, 1.54) is 0 Å². The summed E-state index contributed by atoms with van der Waals surface area (Å²) in [7, 11) is -3.58. The lowest BCUT2D eigenvalue weighted by molar-refractivity contribution is -0.119. The summed E-state index contributed by atoms with van der Waals surface area (Å²) in [5.41, 5.74) is 2.69. The van der Waals surface area contributed by atoms with E-state index < -0.39 is 10.0 Å². The zero-order chi connectivity index (χ0) is 21.7. The maximum absolute atomic E-state index is 12.3. The van der Waals surface area contributed by atoms with Gasteiger partial charge in [-0.1, -0.05) is 56.6 Å². The number of benzene rings is 2. The minimum Gasteiger partial charge on any atom is -0.355 e. The Morgan fingerprint density at radius 2 is 1.62 bits per heavy atom. The lowest BCUT2D eigenvalue weighted by Crippen LogP contribution is -2.40. The van der Waals surface area contributed by atoms with Gasteiger partial charge in [0.15, 0.2) is 0 Å². The van der Waals surface area contributed by atoms with Crippen molar-refractivity contribution in [2.45, 2.75) is 39.0 Å². The number of rotatable bonds is 8. The Hall–Kier alpha value is -2.05. The van der Waals surface area contributed by atoms with Crippen molar-refractivity contribution in [1.29, 1.82) is 0 Å². The SMILES string of the molecule is CC(C)(C)c1ccc(N(CC(=O)NCCCc2ccc(Cl)cc2)S(C)(=O)=O)cc1. The van der Waals surface area contributed by atoms with E-state index in [0.29, 0.717) is 17.3 Å². The topological polar surface area (TPSA) is 66.5 Å². The molecule has 0 saturated heterocycles. The monoisotopic (exact) mass is 436 g/mol. The van der Waals surface area contributed by atoms with Crippen LogP contribution in [0.2, 0.25) is 5.02 Å². The van der Waals surface area contributed by atoms with Gasteiger partial charge < -0.3 is 5.32 Å². The summed E-state index contributed by atoms with van der Waals surface area (Å²) < 4.78 is 25.6. The average Bonchev–Trinajstić information content (AvgIpc) is 2.63. The fourth-order valence-electron chi connectivity index (χ4n) is 2.89. The number of aryl methyl sites for hydroxylation is 1. The standard InChI is InChI=1S/C22H29ClN2O3S/c1-22(2,3)18-9-13-20(14-10-18)25(29(4,27)28)16-21(26)24-15-5-6-17-7-11-19(23)12-8-17/h7-14H,5-6,15-16H2,1-4H3,(H,24,26). The maximum atomic E-state index is 12.3. The molecule has 0 radical (unpaired) electrons. The van der Waals surface area contributed by atoms with Crippen molar-refractivity contribution in [2.75, 3.05) is 23.7 Å². The molecule has 0 saturated carbocycles. The number of hydrogen-bond donors (Lipinski definition) is 1.